The number of carbonyl (C=O) groups is 1. The molecule has 2 aromatic carbocycles. The first kappa shape index (κ1) is 15.0. The van der Waals surface area contributed by atoms with Gasteiger partial charge in [-0.25, -0.2) is 13.6 Å². The van der Waals surface area contributed by atoms with Crippen molar-refractivity contribution in [3.63, 3.8) is 0 Å². The number of hydrogen-bond donors (Lipinski definition) is 1. The SMILES string of the molecule is O=C(O)C=Cc1cc(F)ccc1Oc1ccc(F)cc1Cl. The highest BCUT2D eigenvalue weighted by Crippen LogP contribution is 2.32. The van der Waals surface area contributed by atoms with E-state index in [1.807, 2.05) is 0 Å². The number of halogens is 3. The number of aliphatic carboxylic acids is 1. The van der Waals surface area contributed by atoms with Crippen LogP contribution in [0.3, 0.4) is 0 Å². The van der Waals surface area contributed by atoms with Crippen LogP contribution in [-0.2, 0) is 4.79 Å². The van der Waals surface area contributed by atoms with Crippen molar-refractivity contribution >= 4 is 23.6 Å². The highest BCUT2D eigenvalue weighted by atomic mass is 35.5. The molecule has 0 amide bonds. The lowest BCUT2D eigenvalue weighted by Gasteiger charge is -2.10. The fraction of sp³-hybridized carbons (Fsp3) is 0. The molecule has 6 heteroatoms. The number of benzene rings is 2. The number of carboxylic acid groups (broad SMARTS) is 1. The monoisotopic (exact) mass is 310 g/mol. The molecule has 21 heavy (non-hydrogen) atoms. The summed E-state index contributed by atoms with van der Waals surface area (Å²) in [7, 11) is 0. The molecule has 0 aliphatic carbocycles. The summed E-state index contributed by atoms with van der Waals surface area (Å²) < 4.78 is 31.7. The fourth-order valence-electron chi connectivity index (χ4n) is 1.58. The van der Waals surface area contributed by atoms with Gasteiger partial charge in [0.1, 0.15) is 23.1 Å². The zero-order valence-corrected chi connectivity index (χ0v) is 11.3. The Morgan fingerprint density at radius 1 is 1.10 bits per heavy atom. The van der Waals surface area contributed by atoms with E-state index in [2.05, 4.69) is 0 Å². The summed E-state index contributed by atoms with van der Waals surface area (Å²) in [5, 5.41) is 8.66. The second-order valence-electron chi connectivity index (χ2n) is 4.03. The van der Waals surface area contributed by atoms with Crippen LogP contribution in [0.1, 0.15) is 5.56 Å². The van der Waals surface area contributed by atoms with E-state index in [-0.39, 0.29) is 22.1 Å². The summed E-state index contributed by atoms with van der Waals surface area (Å²) in [6.07, 6.45) is 2.05. The number of hydrogen-bond acceptors (Lipinski definition) is 2. The van der Waals surface area contributed by atoms with E-state index in [4.69, 9.17) is 21.4 Å². The van der Waals surface area contributed by atoms with Gasteiger partial charge in [0.2, 0.25) is 0 Å². The van der Waals surface area contributed by atoms with Crippen LogP contribution in [-0.4, -0.2) is 11.1 Å². The zero-order valence-electron chi connectivity index (χ0n) is 10.5. The van der Waals surface area contributed by atoms with Crippen LogP contribution in [0.4, 0.5) is 8.78 Å². The maximum atomic E-state index is 13.2. The molecule has 0 aromatic heterocycles. The highest BCUT2D eigenvalue weighted by molar-refractivity contribution is 6.32. The minimum Gasteiger partial charge on any atom is -0.478 e. The van der Waals surface area contributed by atoms with Gasteiger partial charge in [-0.2, -0.15) is 0 Å². The molecule has 0 spiro atoms. The Labute approximate surface area is 124 Å². The van der Waals surface area contributed by atoms with Gasteiger partial charge in [0.15, 0.2) is 0 Å². The molecule has 0 fully saturated rings. The first-order valence-corrected chi connectivity index (χ1v) is 6.17. The van der Waals surface area contributed by atoms with Crippen LogP contribution in [0.2, 0.25) is 5.02 Å². The Morgan fingerprint density at radius 2 is 1.71 bits per heavy atom. The lowest BCUT2D eigenvalue weighted by Crippen LogP contribution is -1.92. The van der Waals surface area contributed by atoms with Crippen molar-refractivity contribution in [2.75, 3.05) is 0 Å². The molecule has 0 heterocycles. The van der Waals surface area contributed by atoms with Crippen molar-refractivity contribution in [1.29, 1.82) is 0 Å². The summed E-state index contributed by atoms with van der Waals surface area (Å²) in [4.78, 5) is 10.5. The zero-order chi connectivity index (χ0) is 15.4. The smallest absolute Gasteiger partial charge is 0.328 e. The molecule has 108 valence electrons. The second kappa shape index (κ2) is 6.37. The van der Waals surface area contributed by atoms with E-state index in [0.29, 0.717) is 0 Å². The molecule has 0 aliphatic heterocycles. The summed E-state index contributed by atoms with van der Waals surface area (Å²) in [5.74, 6) is -1.86. The van der Waals surface area contributed by atoms with Crippen molar-refractivity contribution in [2.45, 2.75) is 0 Å². The number of ether oxygens (including phenoxy) is 1. The van der Waals surface area contributed by atoms with Gasteiger partial charge >= 0.3 is 5.97 Å². The van der Waals surface area contributed by atoms with Crippen LogP contribution in [0.25, 0.3) is 6.08 Å². The van der Waals surface area contributed by atoms with Crippen molar-refractivity contribution in [3.05, 3.63) is 64.7 Å². The standard InChI is InChI=1S/C15H9ClF2O3/c16-12-8-11(18)3-5-14(12)21-13-4-2-10(17)7-9(13)1-6-15(19)20/h1-8H,(H,19,20). The molecular formula is C15H9ClF2O3. The molecule has 0 bridgehead atoms. The topological polar surface area (TPSA) is 46.5 Å². The van der Waals surface area contributed by atoms with Crippen LogP contribution in [0.15, 0.2) is 42.5 Å². The summed E-state index contributed by atoms with van der Waals surface area (Å²) in [6.45, 7) is 0. The Morgan fingerprint density at radius 3 is 2.33 bits per heavy atom. The minimum absolute atomic E-state index is 0.0486. The summed E-state index contributed by atoms with van der Waals surface area (Å²) >= 11 is 5.84. The van der Waals surface area contributed by atoms with E-state index >= 15 is 0 Å². The first-order chi connectivity index (χ1) is 9.95. The van der Waals surface area contributed by atoms with Crippen LogP contribution in [0, 0.1) is 11.6 Å². The minimum atomic E-state index is -1.18. The van der Waals surface area contributed by atoms with Crippen molar-refractivity contribution in [2.24, 2.45) is 0 Å². The summed E-state index contributed by atoms with van der Waals surface area (Å²) in [6, 6.07) is 7.17. The number of carboxylic acids is 1. The second-order valence-corrected chi connectivity index (χ2v) is 4.44. The molecule has 0 aliphatic rings. The quantitative estimate of drug-likeness (QED) is 0.845. The van der Waals surface area contributed by atoms with Gasteiger partial charge in [-0.05, 0) is 42.5 Å². The maximum absolute atomic E-state index is 13.2. The third-order valence-electron chi connectivity index (χ3n) is 2.49. The predicted molar refractivity (Wildman–Crippen MR) is 74.6 cm³/mol. The van der Waals surface area contributed by atoms with E-state index in [1.165, 1.54) is 18.2 Å². The Hall–Kier alpha value is -2.40. The molecule has 1 N–H and O–H groups in total. The number of rotatable bonds is 4. The lowest BCUT2D eigenvalue weighted by atomic mass is 10.2. The molecule has 0 saturated heterocycles. The van der Waals surface area contributed by atoms with Gasteiger partial charge in [-0.1, -0.05) is 11.6 Å². The van der Waals surface area contributed by atoms with Crippen LogP contribution < -0.4 is 4.74 Å². The molecule has 0 radical (unpaired) electrons. The van der Waals surface area contributed by atoms with Crippen molar-refractivity contribution in [3.8, 4) is 11.5 Å². The van der Waals surface area contributed by atoms with Gasteiger partial charge in [-0.3, -0.25) is 0 Å². The molecule has 0 saturated carbocycles. The summed E-state index contributed by atoms with van der Waals surface area (Å²) in [5.41, 5.74) is 0.220. The molecule has 3 nitrogen and oxygen atoms in total. The van der Waals surface area contributed by atoms with Gasteiger partial charge in [-0.15, -0.1) is 0 Å². The van der Waals surface area contributed by atoms with Gasteiger partial charge in [0, 0.05) is 11.6 Å². The lowest BCUT2D eigenvalue weighted by molar-refractivity contribution is -0.131. The van der Waals surface area contributed by atoms with E-state index in [9.17, 15) is 13.6 Å². The van der Waals surface area contributed by atoms with E-state index < -0.39 is 17.6 Å². The predicted octanol–water partition coefficient (Wildman–Crippen LogP) is 4.51. The molecule has 0 unspecified atom stereocenters. The molecular weight excluding hydrogens is 302 g/mol. The normalized spacial score (nSPS) is 10.8. The van der Waals surface area contributed by atoms with Crippen molar-refractivity contribution in [1.82, 2.24) is 0 Å². The van der Waals surface area contributed by atoms with Crippen LogP contribution in [0.5, 0.6) is 11.5 Å². The molecule has 2 aromatic rings. The van der Waals surface area contributed by atoms with Gasteiger partial charge < -0.3 is 9.84 Å². The Bertz CT molecular complexity index is 714. The van der Waals surface area contributed by atoms with Crippen molar-refractivity contribution < 1.29 is 23.4 Å². The molecule has 0 atom stereocenters. The van der Waals surface area contributed by atoms with E-state index in [0.717, 1.165) is 30.3 Å². The first-order valence-electron chi connectivity index (χ1n) is 5.79. The van der Waals surface area contributed by atoms with Crippen LogP contribution >= 0.6 is 11.6 Å². The van der Waals surface area contributed by atoms with Gasteiger partial charge in [0.05, 0.1) is 5.02 Å². The third kappa shape index (κ3) is 4.03. The maximum Gasteiger partial charge on any atom is 0.328 e. The average molecular weight is 311 g/mol. The van der Waals surface area contributed by atoms with Gasteiger partial charge in [0.25, 0.3) is 0 Å². The van der Waals surface area contributed by atoms with E-state index in [1.54, 1.807) is 0 Å². The third-order valence-corrected chi connectivity index (χ3v) is 2.79. The largest absolute Gasteiger partial charge is 0.478 e. The Balaban J connectivity index is 2.37. The Kier molecular flexibility index (Phi) is 4.55. The average Bonchev–Trinajstić information content (AvgIpc) is 2.41. The highest BCUT2D eigenvalue weighted by Gasteiger charge is 2.08. The molecule has 2 rings (SSSR count). The fourth-order valence-corrected chi connectivity index (χ4v) is 1.79.